The highest BCUT2D eigenvalue weighted by atomic mass is 16.3. The first kappa shape index (κ1) is 12.8. The van der Waals surface area contributed by atoms with Gasteiger partial charge in [0.15, 0.2) is 0 Å². The molecule has 0 heterocycles. The van der Waals surface area contributed by atoms with Crippen molar-refractivity contribution in [1.29, 1.82) is 0 Å². The number of aliphatic hydroxyl groups excluding tert-OH is 1. The molecule has 0 saturated carbocycles. The molecule has 2 atom stereocenters. The smallest absolute Gasteiger partial charge is 0.223 e. The van der Waals surface area contributed by atoms with Crippen LogP contribution < -0.4 is 5.32 Å². The fourth-order valence-corrected chi connectivity index (χ4v) is 2.17. The van der Waals surface area contributed by atoms with E-state index < -0.39 is 6.10 Å². The number of benzene rings is 1. The van der Waals surface area contributed by atoms with Gasteiger partial charge in [0, 0.05) is 12.5 Å². The molecule has 1 amide bonds. The van der Waals surface area contributed by atoms with Crippen molar-refractivity contribution in [3.63, 3.8) is 0 Å². The first-order valence-electron chi connectivity index (χ1n) is 6.43. The van der Waals surface area contributed by atoms with Gasteiger partial charge in [-0.25, -0.2) is 0 Å². The van der Waals surface area contributed by atoms with Crippen LogP contribution in [0.4, 0.5) is 0 Å². The highest BCUT2D eigenvalue weighted by molar-refractivity contribution is 5.79. The summed E-state index contributed by atoms with van der Waals surface area (Å²) in [6, 6.07) is 9.39. The zero-order valence-electron chi connectivity index (χ0n) is 10.4. The lowest BCUT2D eigenvalue weighted by atomic mass is 9.93. The Morgan fingerprint density at radius 2 is 2.11 bits per heavy atom. The number of carbonyl (C=O) groups excluding carboxylic acids is 1. The maximum atomic E-state index is 11.9. The second-order valence-corrected chi connectivity index (χ2v) is 4.65. The number of nitrogens with one attached hydrogen (secondary N) is 1. The summed E-state index contributed by atoms with van der Waals surface area (Å²) < 4.78 is 0. The molecule has 2 unspecified atom stereocenters. The number of allylic oxidation sites excluding steroid dienone is 2. The SMILES string of the molecule is O=C(NCC(O)c1ccccc1)C1CC=CCC1. The average Bonchev–Trinajstić information content (AvgIpc) is 2.46. The van der Waals surface area contributed by atoms with Crippen molar-refractivity contribution in [2.24, 2.45) is 5.92 Å². The van der Waals surface area contributed by atoms with Gasteiger partial charge in [-0.1, -0.05) is 42.5 Å². The lowest BCUT2D eigenvalue weighted by Gasteiger charge is -2.19. The van der Waals surface area contributed by atoms with Crippen LogP contribution in [-0.4, -0.2) is 17.6 Å². The van der Waals surface area contributed by atoms with Crippen molar-refractivity contribution in [2.45, 2.75) is 25.4 Å². The first-order chi connectivity index (χ1) is 8.77. The van der Waals surface area contributed by atoms with Gasteiger partial charge in [-0.05, 0) is 24.8 Å². The monoisotopic (exact) mass is 245 g/mol. The Kier molecular flexibility index (Phi) is 4.53. The van der Waals surface area contributed by atoms with Crippen LogP contribution in [0.25, 0.3) is 0 Å². The number of hydrogen-bond acceptors (Lipinski definition) is 2. The number of rotatable bonds is 4. The Balaban J connectivity index is 1.80. The van der Waals surface area contributed by atoms with Crippen LogP contribution >= 0.6 is 0 Å². The normalized spacial score (nSPS) is 20.4. The molecule has 0 bridgehead atoms. The molecular formula is C15H19NO2. The number of aliphatic hydroxyl groups is 1. The summed E-state index contributed by atoms with van der Waals surface area (Å²) in [6.45, 7) is 0.281. The molecule has 1 aromatic rings. The molecule has 0 aromatic heterocycles. The molecule has 0 radical (unpaired) electrons. The van der Waals surface area contributed by atoms with Gasteiger partial charge in [0.05, 0.1) is 6.10 Å². The molecule has 2 N–H and O–H groups in total. The van der Waals surface area contributed by atoms with Crippen molar-refractivity contribution >= 4 is 5.91 Å². The van der Waals surface area contributed by atoms with Crippen molar-refractivity contribution in [2.75, 3.05) is 6.54 Å². The highest BCUT2D eigenvalue weighted by Crippen LogP contribution is 2.18. The van der Waals surface area contributed by atoms with Gasteiger partial charge in [-0.3, -0.25) is 4.79 Å². The van der Waals surface area contributed by atoms with Crippen molar-refractivity contribution in [1.82, 2.24) is 5.32 Å². The Morgan fingerprint density at radius 3 is 2.78 bits per heavy atom. The van der Waals surface area contributed by atoms with E-state index in [4.69, 9.17) is 0 Å². The Hall–Kier alpha value is -1.61. The number of carbonyl (C=O) groups is 1. The predicted octanol–water partition coefficient (Wildman–Crippen LogP) is 2.19. The predicted molar refractivity (Wildman–Crippen MR) is 70.9 cm³/mol. The third-order valence-corrected chi connectivity index (χ3v) is 3.29. The van der Waals surface area contributed by atoms with Crippen LogP contribution in [0.3, 0.4) is 0 Å². The summed E-state index contributed by atoms with van der Waals surface area (Å²) in [5.41, 5.74) is 0.835. The zero-order chi connectivity index (χ0) is 12.8. The molecule has 96 valence electrons. The maximum Gasteiger partial charge on any atom is 0.223 e. The largest absolute Gasteiger partial charge is 0.387 e. The zero-order valence-corrected chi connectivity index (χ0v) is 10.4. The summed E-state index contributed by atoms with van der Waals surface area (Å²) in [7, 11) is 0. The van der Waals surface area contributed by atoms with E-state index in [-0.39, 0.29) is 18.4 Å². The summed E-state index contributed by atoms with van der Waals surface area (Å²) in [6.07, 6.45) is 6.23. The van der Waals surface area contributed by atoms with Gasteiger partial charge >= 0.3 is 0 Å². The van der Waals surface area contributed by atoms with E-state index >= 15 is 0 Å². The number of amides is 1. The van der Waals surface area contributed by atoms with E-state index in [9.17, 15) is 9.90 Å². The van der Waals surface area contributed by atoms with Gasteiger partial charge in [0.2, 0.25) is 5.91 Å². The molecule has 1 aliphatic carbocycles. The molecule has 18 heavy (non-hydrogen) atoms. The topological polar surface area (TPSA) is 49.3 Å². The van der Waals surface area contributed by atoms with E-state index in [0.29, 0.717) is 0 Å². The lowest BCUT2D eigenvalue weighted by Crippen LogP contribution is -2.34. The second-order valence-electron chi connectivity index (χ2n) is 4.65. The molecule has 0 fully saturated rings. The minimum Gasteiger partial charge on any atom is -0.387 e. The quantitative estimate of drug-likeness (QED) is 0.799. The minimum atomic E-state index is -0.630. The van der Waals surface area contributed by atoms with E-state index in [1.807, 2.05) is 30.3 Å². The minimum absolute atomic E-state index is 0.0503. The van der Waals surface area contributed by atoms with Gasteiger partial charge in [-0.15, -0.1) is 0 Å². The van der Waals surface area contributed by atoms with Gasteiger partial charge in [0.1, 0.15) is 0 Å². The summed E-state index contributed by atoms with van der Waals surface area (Å²) >= 11 is 0. The molecule has 1 aliphatic rings. The molecule has 0 aliphatic heterocycles. The van der Waals surface area contributed by atoms with Crippen LogP contribution in [0.1, 0.15) is 30.9 Å². The van der Waals surface area contributed by atoms with Crippen molar-refractivity contribution in [3.05, 3.63) is 48.0 Å². The third kappa shape index (κ3) is 3.44. The van der Waals surface area contributed by atoms with E-state index in [1.54, 1.807) is 0 Å². The maximum absolute atomic E-state index is 11.9. The summed E-state index contributed by atoms with van der Waals surface area (Å²) in [4.78, 5) is 11.9. The van der Waals surface area contributed by atoms with Crippen LogP contribution in [0.15, 0.2) is 42.5 Å². The lowest BCUT2D eigenvalue weighted by molar-refractivity contribution is -0.125. The Labute approximate surface area is 108 Å². The first-order valence-corrected chi connectivity index (χ1v) is 6.43. The van der Waals surface area contributed by atoms with Gasteiger partial charge in [0.25, 0.3) is 0 Å². The van der Waals surface area contributed by atoms with Crippen LogP contribution in [-0.2, 0) is 4.79 Å². The molecule has 2 rings (SSSR count). The van der Waals surface area contributed by atoms with Gasteiger partial charge < -0.3 is 10.4 Å². The van der Waals surface area contributed by atoms with Crippen LogP contribution in [0.2, 0.25) is 0 Å². The fraction of sp³-hybridized carbons (Fsp3) is 0.400. The average molecular weight is 245 g/mol. The van der Waals surface area contributed by atoms with Crippen molar-refractivity contribution < 1.29 is 9.90 Å². The second kappa shape index (κ2) is 6.36. The standard InChI is InChI=1S/C15H19NO2/c17-14(12-7-3-1-4-8-12)11-16-15(18)13-9-5-2-6-10-13/h1-5,7-8,13-14,17H,6,9-11H2,(H,16,18). The third-order valence-electron chi connectivity index (χ3n) is 3.29. The number of hydrogen-bond donors (Lipinski definition) is 2. The molecule has 0 saturated heterocycles. The summed E-state index contributed by atoms with van der Waals surface area (Å²) in [5, 5.41) is 12.8. The van der Waals surface area contributed by atoms with E-state index in [1.165, 1.54) is 0 Å². The highest BCUT2D eigenvalue weighted by Gasteiger charge is 2.19. The van der Waals surface area contributed by atoms with E-state index in [2.05, 4.69) is 17.5 Å². The van der Waals surface area contributed by atoms with Crippen LogP contribution in [0.5, 0.6) is 0 Å². The molecule has 0 spiro atoms. The molecule has 3 heteroatoms. The van der Waals surface area contributed by atoms with Gasteiger partial charge in [-0.2, -0.15) is 0 Å². The molecule has 1 aromatic carbocycles. The van der Waals surface area contributed by atoms with Crippen molar-refractivity contribution in [3.8, 4) is 0 Å². The van der Waals surface area contributed by atoms with Crippen LogP contribution in [0, 0.1) is 5.92 Å². The molecule has 3 nitrogen and oxygen atoms in total. The summed E-state index contributed by atoms with van der Waals surface area (Å²) in [5.74, 6) is 0.118. The Morgan fingerprint density at radius 1 is 1.33 bits per heavy atom. The fourth-order valence-electron chi connectivity index (χ4n) is 2.17. The molecular weight excluding hydrogens is 226 g/mol. The van der Waals surface area contributed by atoms with E-state index in [0.717, 1.165) is 24.8 Å². The Bertz CT molecular complexity index is 414.